The molecule has 0 aliphatic rings. The predicted molar refractivity (Wildman–Crippen MR) is 76.3 cm³/mol. The van der Waals surface area contributed by atoms with Gasteiger partial charge in [0, 0.05) is 0 Å². The molecule has 0 amide bonds. The van der Waals surface area contributed by atoms with E-state index in [9.17, 15) is 4.79 Å². The molecule has 0 fully saturated rings. The first-order chi connectivity index (χ1) is 10.1. The lowest BCUT2D eigenvalue weighted by Gasteiger charge is -2.10. The van der Waals surface area contributed by atoms with Crippen molar-refractivity contribution in [2.24, 2.45) is 0 Å². The molecule has 2 aromatic rings. The minimum absolute atomic E-state index is 0.113. The van der Waals surface area contributed by atoms with Crippen molar-refractivity contribution < 1.29 is 19.0 Å². The van der Waals surface area contributed by atoms with Gasteiger partial charge < -0.3 is 14.2 Å². The molecule has 1 aromatic heterocycles. The van der Waals surface area contributed by atoms with Gasteiger partial charge in [0.2, 0.25) is 17.5 Å². The number of hydrogen-bond donors (Lipinski definition) is 0. The van der Waals surface area contributed by atoms with Crippen LogP contribution in [-0.4, -0.2) is 37.1 Å². The van der Waals surface area contributed by atoms with Crippen LogP contribution in [0.25, 0.3) is 0 Å². The number of ketones is 1. The molecule has 110 valence electrons. The third kappa shape index (κ3) is 2.94. The number of carbonyl (C=O) groups is 1. The van der Waals surface area contributed by atoms with E-state index in [2.05, 4.69) is 9.97 Å². The summed E-state index contributed by atoms with van der Waals surface area (Å²) in [4.78, 5) is 20.8. The van der Waals surface area contributed by atoms with E-state index in [1.807, 2.05) is 13.0 Å². The van der Waals surface area contributed by atoms with Gasteiger partial charge in [-0.1, -0.05) is 11.6 Å². The largest absolute Gasteiger partial charge is 0.496 e. The van der Waals surface area contributed by atoms with E-state index in [-0.39, 0.29) is 23.2 Å². The van der Waals surface area contributed by atoms with Crippen LogP contribution < -0.4 is 14.2 Å². The van der Waals surface area contributed by atoms with E-state index in [0.29, 0.717) is 11.3 Å². The summed E-state index contributed by atoms with van der Waals surface area (Å²) in [5.41, 5.74) is 1.47. The average molecular weight is 288 g/mol. The van der Waals surface area contributed by atoms with Crippen LogP contribution in [0.15, 0.2) is 24.4 Å². The molecule has 0 radical (unpaired) electrons. The predicted octanol–water partition coefficient (Wildman–Crippen LogP) is 2.04. The summed E-state index contributed by atoms with van der Waals surface area (Å²) >= 11 is 0. The third-order valence-corrected chi connectivity index (χ3v) is 2.94. The van der Waals surface area contributed by atoms with Crippen LogP contribution in [0.5, 0.6) is 17.5 Å². The first kappa shape index (κ1) is 14.8. The van der Waals surface area contributed by atoms with Gasteiger partial charge in [-0.15, -0.1) is 0 Å². The highest BCUT2D eigenvalue weighted by Crippen LogP contribution is 2.26. The van der Waals surface area contributed by atoms with Gasteiger partial charge in [-0.3, -0.25) is 4.79 Å². The Bertz CT molecular complexity index is 671. The second-order valence-corrected chi connectivity index (χ2v) is 4.30. The van der Waals surface area contributed by atoms with Crippen LogP contribution in [0.2, 0.25) is 0 Å². The Morgan fingerprint density at radius 3 is 2.48 bits per heavy atom. The first-order valence-electron chi connectivity index (χ1n) is 6.25. The standard InChI is InChI=1S/C15H16N2O4/c1-9-5-6-11(19-2)10(7-9)14(18)13-15(21-4)17-12(20-3)8-16-13/h5-8H,1-4H3. The van der Waals surface area contributed by atoms with Gasteiger partial charge >= 0.3 is 0 Å². The maximum atomic E-state index is 12.7. The van der Waals surface area contributed by atoms with Crippen molar-refractivity contribution in [3.8, 4) is 17.5 Å². The number of ether oxygens (including phenoxy) is 3. The second-order valence-electron chi connectivity index (χ2n) is 4.30. The highest BCUT2D eigenvalue weighted by molar-refractivity contribution is 6.10. The molecule has 0 saturated carbocycles. The SMILES string of the molecule is COc1cnc(C(=O)c2cc(C)ccc2OC)c(OC)n1. The van der Waals surface area contributed by atoms with Gasteiger partial charge in [-0.25, -0.2) is 4.98 Å². The summed E-state index contributed by atoms with van der Waals surface area (Å²) in [5, 5.41) is 0. The second kappa shape index (κ2) is 6.21. The quantitative estimate of drug-likeness (QED) is 0.784. The Labute approximate surface area is 122 Å². The van der Waals surface area contributed by atoms with Crippen molar-refractivity contribution in [2.45, 2.75) is 6.92 Å². The Balaban J connectivity index is 2.52. The van der Waals surface area contributed by atoms with Crippen LogP contribution in [0.3, 0.4) is 0 Å². The monoisotopic (exact) mass is 288 g/mol. The zero-order valence-corrected chi connectivity index (χ0v) is 12.3. The summed E-state index contributed by atoms with van der Waals surface area (Å²) in [7, 11) is 4.40. The van der Waals surface area contributed by atoms with Crippen molar-refractivity contribution in [3.05, 3.63) is 41.2 Å². The molecule has 0 atom stereocenters. The first-order valence-corrected chi connectivity index (χ1v) is 6.25. The highest BCUT2D eigenvalue weighted by Gasteiger charge is 2.21. The van der Waals surface area contributed by atoms with Crippen molar-refractivity contribution in [2.75, 3.05) is 21.3 Å². The van der Waals surface area contributed by atoms with Crippen LogP contribution in [0.4, 0.5) is 0 Å². The molecule has 0 N–H and O–H groups in total. The summed E-state index contributed by atoms with van der Waals surface area (Å²) in [5.74, 6) is 0.551. The number of rotatable bonds is 5. The zero-order valence-electron chi connectivity index (χ0n) is 12.3. The van der Waals surface area contributed by atoms with E-state index < -0.39 is 0 Å². The van der Waals surface area contributed by atoms with E-state index >= 15 is 0 Å². The van der Waals surface area contributed by atoms with Gasteiger partial charge in [0.05, 0.1) is 33.1 Å². The molecule has 0 spiro atoms. The number of aryl methyl sites for hydroxylation is 1. The fraction of sp³-hybridized carbons (Fsp3) is 0.267. The van der Waals surface area contributed by atoms with Crippen LogP contribution in [0.1, 0.15) is 21.6 Å². The van der Waals surface area contributed by atoms with Gasteiger partial charge in [-0.05, 0) is 19.1 Å². The maximum absolute atomic E-state index is 12.7. The summed E-state index contributed by atoms with van der Waals surface area (Å²) in [6.45, 7) is 1.90. The van der Waals surface area contributed by atoms with Gasteiger partial charge in [-0.2, -0.15) is 4.98 Å². The normalized spacial score (nSPS) is 10.1. The Hall–Kier alpha value is -2.63. The van der Waals surface area contributed by atoms with Crippen molar-refractivity contribution in [1.29, 1.82) is 0 Å². The van der Waals surface area contributed by atoms with E-state index in [0.717, 1.165) is 5.56 Å². The lowest BCUT2D eigenvalue weighted by molar-refractivity contribution is 0.102. The zero-order chi connectivity index (χ0) is 15.4. The molecule has 0 saturated heterocycles. The number of carbonyl (C=O) groups excluding carboxylic acids is 1. The molecule has 0 aliphatic carbocycles. The summed E-state index contributed by atoms with van der Waals surface area (Å²) < 4.78 is 15.3. The topological polar surface area (TPSA) is 70.5 Å². The lowest BCUT2D eigenvalue weighted by Crippen LogP contribution is -2.10. The highest BCUT2D eigenvalue weighted by atomic mass is 16.5. The smallest absolute Gasteiger partial charge is 0.247 e. The van der Waals surface area contributed by atoms with Crippen molar-refractivity contribution in [1.82, 2.24) is 9.97 Å². The summed E-state index contributed by atoms with van der Waals surface area (Å²) in [6, 6.07) is 5.35. The van der Waals surface area contributed by atoms with E-state index in [1.165, 1.54) is 27.5 Å². The maximum Gasteiger partial charge on any atom is 0.247 e. The van der Waals surface area contributed by atoms with Crippen LogP contribution in [-0.2, 0) is 0 Å². The van der Waals surface area contributed by atoms with Crippen LogP contribution >= 0.6 is 0 Å². The third-order valence-electron chi connectivity index (χ3n) is 2.94. The van der Waals surface area contributed by atoms with Gasteiger partial charge in [0.25, 0.3) is 0 Å². The lowest BCUT2D eigenvalue weighted by atomic mass is 10.0. The van der Waals surface area contributed by atoms with E-state index in [1.54, 1.807) is 12.1 Å². The fourth-order valence-electron chi connectivity index (χ4n) is 1.88. The Morgan fingerprint density at radius 2 is 1.86 bits per heavy atom. The van der Waals surface area contributed by atoms with Gasteiger partial charge in [0.15, 0.2) is 5.69 Å². The molecule has 0 unspecified atom stereocenters. The molecule has 21 heavy (non-hydrogen) atoms. The van der Waals surface area contributed by atoms with Gasteiger partial charge in [0.1, 0.15) is 5.75 Å². The molecule has 6 heteroatoms. The Kier molecular flexibility index (Phi) is 4.37. The molecule has 0 bridgehead atoms. The van der Waals surface area contributed by atoms with Crippen LogP contribution in [0, 0.1) is 6.92 Å². The molecule has 0 aliphatic heterocycles. The number of methoxy groups -OCH3 is 3. The molecule has 2 rings (SSSR count). The number of aromatic nitrogens is 2. The summed E-state index contributed by atoms with van der Waals surface area (Å²) in [6.07, 6.45) is 1.37. The molecule has 1 heterocycles. The molecule has 1 aromatic carbocycles. The minimum Gasteiger partial charge on any atom is -0.496 e. The average Bonchev–Trinajstić information content (AvgIpc) is 2.53. The Morgan fingerprint density at radius 1 is 1.10 bits per heavy atom. The molecular formula is C15H16N2O4. The van der Waals surface area contributed by atoms with E-state index in [4.69, 9.17) is 14.2 Å². The number of hydrogen-bond acceptors (Lipinski definition) is 6. The number of benzene rings is 1. The molecule has 6 nitrogen and oxygen atoms in total. The molecular weight excluding hydrogens is 272 g/mol. The number of nitrogens with zero attached hydrogens (tertiary/aromatic N) is 2. The fourth-order valence-corrected chi connectivity index (χ4v) is 1.88. The minimum atomic E-state index is -0.317. The van der Waals surface area contributed by atoms with Crippen molar-refractivity contribution in [3.63, 3.8) is 0 Å². The van der Waals surface area contributed by atoms with Crippen molar-refractivity contribution >= 4 is 5.78 Å².